The van der Waals surface area contributed by atoms with E-state index in [0.717, 1.165) is 29.8 Å². The van der Waals surface area contributed by atoms with Gasteiger partial charge in [-0.15, -0.1) is 0 Å². The summed E-state index contributed by atoms with van der Waals surface area (Å²) in [6.45, 7) is 12.1. The van der Waals surface area contributed by atoms with E-state index in [2.05, 4.69) is 111 Å². The summed E-state index contributed by atoms with van der Waals surface area (Å²) in [4.78, 5) is 2.42. The van der Waals surface area contributed by atoms with Crippen LogP contribution in [-0.4, -0.2) is 7.11 Å². The Hall–Kier alpha value is -2.84. The summed E-state index contributed by atoms with van der Waals surface area (Å²) in [5, 5.41) is 0. The van der Waals surface area contributed by atoms with E-state index in [4.69, 9.17) is 4.74 Å². The Bertz CT molecular complexity index is 903. The number of methoxy groups -OCH3 is 1. The fourth-order valence-electron chi connectivity index (χ4n) is 3.35. The summed E-state index contributed by atoms with van der Waals surface area (Å²) in [5.41, 5.74) is 6.74. The molecule has 0 heterocycles. The van der Waals surface area contributed by atoms with E-state index >= 15 is 0 Å². The van der Waals surface area contributed by atoms with Crippen LogP contribution >= 0.6 is 0 Å². The van der Waals surface area contributed by atoms with E-state index < -0.39 is 0 Å². The van der Waals surface area contributed by atoms with E-state index in [-0.39, 0.29) is 5.60 Å². The van der Waals surface area contributed by atoms with Gasteiger partial charge in [0, 0.05) is 25.9 Å². The van der Waals surface area contributed by atoms with Gasteiger partial charge in [-0.05, 0) is 61.2 Å². The number of hydrogen-bond donors (Lipinski definition) is 0. The lowest BCUT2D eigenvalue weighted by molar-refractivity contribution is 0.0192. The number of rotatable bonds is 8. The third-order valence-electron chi connectivity index (χ3n) is 5.41. The summed E-state index contributed by atoms with van der Waals surface area (Å²) >= 11 is 0. The number of benzene rings is 3. The van der Waals surface area contributed by atoms with Crippen LogP contribution in [0, 0.1) is 0 Å². The van der Waals surface area contributed by atoms with Gasteiger partial charge in [0.15, 0.2) is 0 Å². The first-order valence-corrected chi connectivity index (χ1v) is 10.1. The molecule has 0 bridgehead atoms. The molecule has 0 fully saturated rings. The number of hydrogen-bond acceptors (Lipinski definition) is 2. The summed E-state index contributed by atoms with van der Waals surface area (Å²) in [5.74, 6) is 0. The van der Waals surface area contributed by atoms with Gasteiger partial charge >= 0.3 is 0 Å². The zero-order chi connectivity index (χ0) is 20.9. The average Bonchev–Trinajstić information content (AvgIpc) is 2.74. The van der Waals surface area contributed by atoms with Crippen molar-refractivity contribution in [2.45, 2.75) is 39.5 Å². The highest BCUT2D eigenvalue weighted by atomic mass is 16.5. The lowest BCUT2D eigenvalue weighted by atomic mass is 9.93. The van der Waals surface area contributed by atoms with Crippen LogP contribution in [0.1, 0.15) is 43.0 Å². The third kappa shape index (κ3) is 5.36. The fraction of sp³-hybridized carbons (Fsp3) is 0.259. The van der Waals surface area contributed by atoms with E-state index in [1.807, 2.05) is 0 Å². The molecule has 0 saturated heterocycles. The smallest absolute Gasteiger partial charge is 0.0872 e. The highest BCUT2D eigenvalue weighted by molar-refractivity contribution is 5.68. The molecule has 0 aliphatic rings. The van der Waals surface area contributed by atoms with Crippen LogP contribution in [0.15, 0.2) is 85.4 Å². The maximum Gasteiger partial charge on any atom is 0.0872 e. The molecule has 2 heteroatoms. The lowest BCUT2D eigenvalue weighted by Gasteiger charge is -2.30. The number of nitrogens with zero attached hydrogens (tertiary/aromatic N) is 1. The molecule has 0 aliphatic heterocycles. The van der Waals surface area contributed by atoms with Crippen LogP contribution in [0.5, 0.6) is 0 Å². The predicted octanol–water partition coefficient (Wildman–Crippen LogP) is 6.81. The second-order valence-corrected chi connectivity index (χ2v) is 8.09. The maximum absolute atomic E-state index is 5.78. The van der Waals surface area contributed by atoms with Crippen LogP contribution in [-0.2, 0) is 23.4 Å². The summed E-state index contributed by atoms with van der Waals surface area (Å²) in [6, 6.07) is 27.9. The number of anilines is 1. The van der Waals surface area contributed by atoms with Crippen molar-refractivity contribution in [1.82, 2.24) is 0 Å². The molecule has 0 unspecified atom stereocenters. The Balaban J connectivity index is 2.06. The van der Waals surface area contributed by atoms with E-state index in [9.17, 15) is 0 Å². The Morgan fingerprint density at radius 2 is 1.38 bits per heavy atom. The average molecular weight is 386 g/mol. The first kappa shape index (κ1) is 20.9. The topological polar surface area (TPSA) is 12.5 Å². The van der Waals surface area contributed by atoms with Gasteiger partial charge in [-0.25, -0.2) is 0 Å². The second kappa shape index (κ2) is 9.11. The molecule has 3 aromatic rings. The minimum atomic E-state index is -0.370. The first-order valence-electron chi connectivity index (χ1n) is 10.1. The van der Waals surface area contributed by atoms with Crippen molar-refractivity contribution < 1.29 is 4.74 Å². The molecule has 0 saturated carbocycles. The first-order chi connectivity index (χ1) is 13.9. The largest absolute Gasteiger partial charge is 0.374 e. The van der Waals surface area contributed by atoms with Crippen LogP contribution in [0.4, 0.5) is 5.69 Å². The molecule has 150 valence electrons. The van der Waals surface area contributed by atoms with Gasteiger partial charge in [0.25, 0.3) is 0 Å². The molecular weight excluding hydrogens is 354 g/mol. The highest BCUT2D eigenvalue weighted by Gasteiger charge is 2.22. The predicted molar refractivity (Wildman–Crippen MR) is 124 cm³/mol. The Kier molecular flexibility index (Phi) is 6.56. The Morgan fingerprint density at radius 3 is 1.83 bits per heavy atom. The van der Waals surface area contributed by atoms with Gasteiger partial charge in [-0.1, -0.05) is 72.8 Å². The van der Waals surface area contributed by atoms with Gasteiger partial charge in [0.05, 0.1) is 5.60 Å². The number of allylic oxidation sites excluding steroid dienone is 1. The molecule has 29 heavy (non-hydrogen) atoms. The molecule has 3 aromatic carbocycles. The lowest BCUT2D eigenvalue weighted by Crippen LogP contribution is -2.24. The molecule has 3 rings (SSSR count). The second-order valence-electron chi connectivity index (χ2n) is 8.09. The van der Waals surface area contributed by atoms with Crippen molar-refractivity contribution in [1.29, 1.82) is 0 Å². The standard InChI is InChI=1S/C27H31NO/c1-21(2)24-16-25(27(3,4)29-5)18-26(17-24)28(19-22-12-8-6-9-13-22)20-23-14-10-7-11-15-23/h6-18H,1,19-20H2,2-5H3. The molecule has 0 atom stereocenters. The monoisotopic (exact) mass is 385 g/mol. The highest BCUT2D eigenvalue weighted by Crippen LogP contribution is 2.32. The van der Waals surface area contributed by atoms with E-state index in [1.165, 1.54) is 16.8 Å². The van der Waals surface area contributed by atoms with Gasteiger partial charge < -0.3 is 9.64 Å². The fourth-order valence-corrected chi connectivity index (χ4v) is 3.35. The minimum absolute atomic E-state index is 0.370. The van der Waals surface area contributed by atoms with E-state index in [1.54, 1.807) is 7.11 Å². The molecule has 2 nitrogen and oxygen atoms in total. The zero-order valence-electron chi connectivity index (χ0n) is 18.0. The quantitative estimate of drug-likeness (QED) is 0.422. The van der Waals surface area contributed by atoms with Gasteiger partial charge in [-0.3, -0.25) is 0 Å². The Morgan fingerprint density at radius 1 is 0.862 bits per heavy atom. The molecular formula is C27H31NO. The van der Waals surface area contributed by atoms with Crippen LogP contribution in [0.2, 0.25) is 0 Å². The SMILES string of the molecule is C=C(C)c1cc(N(Cc2ccccc2)Cc2ccccc2)cc(C(C)(C)OC)c1. The molecule has 0 amide bonds. The van der Waals surface area contributed by atoms with Crippen LogP contribution in [0.25, 0.3) is 5.57 Å². The molecule has 0 N–H and O–H groups in total. The molecule has 0 aliphatic carbocycles. The van der Waals surface area contributed by atoms with Crippen molar-refractivity contribution in [3.8, 4) is 0 Å². The Labute approximate surface area is 175 Å². The minimum Gasteiger partial charge on any atom is -0.374 e. The normalized spacial score (nSPS) is 11.3. The zero-order valence-corrected chi connectivity index (χ0v) is 18.0. The van der Waals surface area contributed by atoms with Crippen LogP contribution < -0.4 is 4.90 Å². The van der Waals surface area contributed by atoms with Crippen molar-refractivity contribution in [3.63, 3.8) is 0 Å². The van der Waals surface area contributed by atoms with Crippen molar-refractivity contribution >= 4 is 11.3 Å². The molecule has 0 radical (unpaired) electrons. The maximum atomic E-state index is 5.78. The molecule has 0 spiro atoms. The van der Waals surface area contributed by atoms with Gasteiger partial charge in [-0.2, -0.15) is 0 Å². The van der Waals surface area contributed by atoms with Gasteiger partial charge in [0.1, 0.15) is 0 Å². The van der Waals surface area contributed by atoms with Crippen molar-refractivity contribution in [2.75, 3.05) is 12.0 Å². The van der Waals surface area contributed by atoms with Crippen molar-refractivity contribution in [3.05, 3.63) is 108 Å². The summed E-state index contributed by atoms with van der Waals surface area (Å²) < 4.78 is 5.78. The van der Waals surface area contributed by atoms with Gasteiger partial charge in [0.2, 0.25) is 0 Å². The third-order valence-corrected chi connectivity index (χ3v) is 5.41. The van der Waals surface area contributed by atoms with Crippen LogP contribution in [0.3, 0.4) is 0 Å². The van der Waals surface area contributed by atoms with Crippen molar-refractivity contribution in [2.24, 2.45) is 0 Å². The van der Waals surface area contributed by atoms with E-state index in [0.29, 0.717) is 0 Å². The molecule has 0 aromatic heterocycles. The number of ether oxygens (including phenoxy) is 1. The summed E-state index contributed by atoms with van der Waals surface area (Å²) in [6.07, 6.45) is 0. The summed E-state index contributed by atoms with van der Waals surface area (Å²) in [7, 11) is 1.76.